The van der Waals surface area contributed by atoms with Gasteiger partial charge in [-0.2, -0.15) is 4.98 Å². The van der Waals surface area contributed by atoms with Crippen LogP contribution in [0.15, 0.2) is 12.1 Å². The second-order valence-electron chi connectivity index (χ2n) is 4.84. The summed E-state index contributed by atoms with van der Waals surface area (Å²) in [4.78, 5) is 8.65. The number of fused-ring (bicyclic) bond motifs is 1. The van der Waals surface area contributed by atoms with Crippen LogP contribution in [0.25, 0.3) is 10.9 Å². The Balaban J connectivity index is 2.11. The summed E-state index contributed by atoms with van der Waals surface area (Å²) in [5, 5.41) is 10.6. The van der Waals surface area contributed by atoms with Crippen molar-refractivity contribution in [1.82, 2.24) is 9.97 Å². The highest BCUT2D eigenvalue weighted by molar-refractivity contribution is 5.86. The summed E-state index contributed by atoms with van der Waals surface area (Å²) in [6.07, 6.45) is 3.29. The number of hydrogen-bond acceptors (Lipinski definition) is 5. The summed E-state index contributed by atoms with van der Waals surface area (Å²) in [6, 6.07) is 3.47. The summed E-state index contributed by atoms with van der Waals surface area (Å²) in [5.41, 5.74) is 0.681. The van der Waals surface area contributed by atoms with Crippen molar-refractivity contribution in [2.45, 2.75) is 19.3 Å². The van der Waals surface area contributed by atoms with Crippen LogP contribution in [0.2, 0.25) is 0 Å². The maximum Gasteiger partial charge on any atom is 0.222 e. The Labute approximate surface area is 111 Å². The molecule has 19 heavy (non-hydrogen) atoms. The van der Waals surface area contributed by atoms with E-state index < -0.39 is 0 Å². The summed E-state index contributed by atoms with van der Waals surface area (Å²) in [5.74, 6) is 2.53. The number of methoxy groups -OCH3 is 2. The third kappa shape index (κ3) is 2.28. The highest BCUT2D eigenvalue weighted by atomic mass is 16.5. The molecule has 5 nitrogen and oxygen atoms in total. The first-order valence-corrected chi connectivity index (χ1v) is 6.33. The molecule has 5 heteroatoms. The van der Waals surface area contributed by atoms with Crippen molar-refractivity contribution in [3.8, 4) is 17.4 Å². The van der Waals surface area contributed by atoms with E-state index in [2.05, 4.69) is 9.97 Å². The maximum atomic E-state index is 10.0. The molecule has 1 heterocycles. The van der Waals surface area contributed by atoms with Crippen molar-refractivity contribution in [2.24, 2.45) is 5.92 Å². The molecule has 0 amide bonds. The molecule has 1 aromatic carbocycles. The second kappa shape index (κ2) is 4.57. The van der Waals surface area contributed by atoms with Crippen LogP contribution in [0.4, 0.5) is 0 Å². The van der Waals surface area contributed by atoms with Crippen molar-refractivity contribution in [3.63, 3.8) is 0 Å². The number of aromatic hydroxyl groups is 1. The van der Waals surface area contributed by atoms with Gasteiger partial charge in [0.15, 0.2) is 11.5 Å². The van der Waals surface area contributed by atoms with Crippen LogP contribution in [-0.2, 0) is 6.42 Å². The minimum absolute atomic E-state index is 0.00148. The van der Waals surface area contributed by atoms with Gasteiger partial charge in [0.1, 0.15) is 5.82 Å². The van der Waals surface area contributed by atoms with E-state index in [1.807, 2.05) is 0 Å². The summed E-state index contributed by atoms with van der Waals surface area (Å²) in [6.45, 7) is 0. The Kier molecular flexibility index (Phi) is 2.89. The second-order valence-corrected chi connectivity index (χ2v) is 4.84. The smallest absolute Gasteiger partial charge is 0.222 e. The highest BCUT2D eigenvalue weighted by Crippen LogP contribution is 2.36. The zero-order valence-corrected chi connectivity index (χ0v) is 11.0. The molecule has 100 valence electrons. The number of ether oxygens (including phenoxy) is 2. The van der Waals surface area contributed by atoms with E-state index in [0.29, 0.717) is 34.1 Å². The zero-order chi connectivity index (χ0) is 13.4. The lowest BCUT2D eigenvalue weighted by Gasteiger charge is -2.10. The van der Waals surface area contributed by atoms with E-state index in [1.165, 1.54) is 12.8 Å². The van der Waals surface area contributed by atoms with E-state index in [0.717, 1.165) is 6.42 Å². The predicted octanol–water partition coefficient (Wildman–Crippen LogP) is 2.31. The van der Waals surface area contributed by atoms with Crippen LogP contribution < -0.4 is 9.47 Å². The van der Waals surface area contributed by atoms with E-state index in [4.69, 9.17) is 9.47 Å². The lowest BCUT2D eigenvalue weighted by atomic mass is 10.2. The largest absolute Gasteiger partial charge is 0.493 e. The first kappa shape index (κ1) is 12.0. The Morgan fingerprint density at radius 1 is 1.16 bits per heavy atom. The van der Waals surface area contributed by atoms with Gasteiger partial charge in [0.25, 0.3) is 0 Å². The van der Waals surface area contributed by atoms with Gasteiger partial charge in [0, 0.05) is 12.5 Å². The van der Waals surface area contributed by atoms with Crippen LogP contribution in [-0.4, -0.2) is 29.3 Å². The number of rotatable bonds is 4. The van der Waals surface area contributed by atoms with Gasteiger partial charge in [-0.05, 0) is 24.8 Å². The molecule has 0 spiro atoms. The molecule has 1 aromatic heterocycles. The average Bonchev–Trinajstić information content (AvgIpc) is 3.21. The van der Waals surface area contributed by atoms with Gasteiger partial charge in [0.05, 0.1) is 25.1 Å². The lowest BCUT2D eigenvalue weighted by Crippen LogP contribution is -1.99. The van der Waals surface area contributed by atoms with E-state index in [1.54, 1.807) is 26.4 Å². The number of nitrogens with zero attached hydrogens (tertiary/aromatic N) is 2. The van der Waals surface area contributed by atoms with Crippen molar-refractivity contribution in [3.05, 3.63) is 18.0 Å². The Hall–Kier alpha value is -2.04. The van der Waals surface area contributed by atoms with E-state index in [9.17, 15) is 5.11 Å². The van der Waals surface area contributed by atoms with Gasteiger partial charge in [-0.3, -0.25) is 0 Å². The standard InChI is InChI=1S/C14H16N2O3/c1-18-11-6-9-10(7-12(11)19-2)15-13(16-14(9)17)5-8-3-4-8/h6-8H,3-5H2,1-2H3,(H,15,16,17). The quantitative estimate of drug-likeness (QED) is 0.913. The maximum absolute atomic E-state index is 10.0. The SMILES string of the molecule is COc1cc2nc(CC3CC3)nc(O)c2cc1OC. The van der Waals surface area contributed by atoms with Gasteiger partial charge in [-0.15, -0.1) is 0 Å². The molecular weight excluding hydrogens is 244 g/mol. The molecule has 0 bridgehead atoms. The van der Waals surface area contributed by atoms with Crippen LogP contribution in [0.1, 0.15) is 18.7 Å². The summed E-state index contributed by atoms with van der Waals surface area (Å²) >= 11 is 0. The van der Waals surface area contributed by atoms with Crippen molar-refractivity contribution in [2.75, 3.05) is 14.2 Å². The number of aromatic nitrogens is 2. The fraction of sp³-hybridized carbons (Fsp3) is 0.429. The van der Waals surface area contributed by atoms with E-state index >= 15 is 0 Å². The topological polar surface area (TPSA) is 64.5 Å². The van der Waals surface area contributed by atoms with Crippen LogP contribution in [0.5, 0.6) is 17.4 Å². The van der Waals surface area contributed by atoms with Gasteiger partial charge < -0.3 is 14.6 Å². The molecule has 0 atom stereocenters. The normalized spacial score (nSPS) is 14.6. The fourth-order valence-corrected chi connectivity index (χ4v) is 2.16. The van der Waals surface area contributed by atoms with Crippen molar-refractivity contribution < 1.29 is 14.6 Å². The Morgan fingerprint density at radius 2 is 1.84 bits per heavy atom. The van der Waals surface area contributed by atoms with Crippen LogP contribution in [0, 0.1) is 5.92 Å². The third-order valence-electron chi connectivity index (χ3n) is 3.40. The molecule has 0 unspecified atom stereocenters. The first-order valence-electron chi connectivity index (χ1n) is 6.33. The van der Waals surface area contributed by atoms with Crippen molar-refractivity contribution >= 4 is 10.9 Å². The lowest BCUT2D eigenvalue weighted by molar-refractivity contribution is 0.355. The first-order chi connectivity index (χ1) is 9.21. The van der Waals surface area contributed by atoms with Gasteiger partial charge in [0.2, 0.25) is 5.88 Å². The molecule has 1 N–H and O–H groups in total. The summed E-state index contributed by atoms with van der Waals surface area (Å²) in [7, 11) is 3.14. The molecule has 2 aromatic rings. The molecule has 0 saturated heterocycles. The zero-order valence-electron chi connectivity index (χ0n) is 11.0. The third-order valence-corrected chi connectivity index (χ3v) is 3.40. The molecule has 3 rings (SSSR count). The molecule has 1 fully saturated rings. The summed E-state index contributed by atoms with van der Waals surface area (Å²) < 4.78 is 10.5. The molecule has 1 aliphatic rings. The molecule has 0 aliphatic heterocycles. The molecular formula is C14H16N2O3. The molecule has 0 radical (unpaired) electrons. The fourth-order valence-electron chi connectivity index (χ4n) is 2.16. The number of benzene rings is 1. The predicted molar refractivity (Wildman–Crippen MR) is 70.7 cm³/mol. The monoisotopic (exact) mass is 260 g/mol. The highest BCUT2D eigenvalue weighted by Gasteiger charge is 2.23. The number of hydrogen-bond donors (Lipinski definition) is 1. The van der Waals surface area contributed by atoms with Gasteiger partial charge in [-0.25, -0.2) is 4.98 Å². The van der Waals surface area contributed by atoms with Gasteiger partial charge >= 0.3 is 0 Å². The minimum Gasteiger partial charge on any atom is -0.493 e. The van der Waals surface area contributed by atoms with Gasteiger partial charge in [-0.1, -0.05) is 0 Å². The van der Waals surface area contributed by atoms with Crippen molar-refractivity contribution in [1.29, 1.82) is 0 Å². The molecule has 1 saturated carbocycles. The van der Waals surface area contributed by atoms with Crippen LogP contribution >= 0.6 is 0 Å². The average molecular weight is 260 g/mol. The minimum atomic E-state index is 0.00148. The van der Waals surface area contributed by atoms with Crippen LogP contribution in [0.3, 0.4) is 0 Å². The Bertz CT molecular complexity index is 624. The molecule has 1 aliphatic carbocycles. The Morgan fingerprint density at radius 3 is 2.47 bits per heavy atom. The van der Waals surface area contributed by atoms with E-state index in [-0.39, 0.29) is 5.88 Å².